The number of hydrogen-bond donors (Lipinski definition) is 2. The SMILES string of the molecule is O=C(Nc1ncc(Br)c(C(=O)O)c1[N+](=O)[O-])OCC1c2ccccc2-c2ccccc21. The number of benzene rings is 2. The standard InChI is InChI=1S/C21H14BrN3O6/c22-16-9-23-19(18(25(29)30)17(16)20(26)27)24-21(28)31-10-15-13-7-3-1-5-11(13)12-6-2-4-8-14(12)15/h1-9,15H,10H2,(H,26,27)(H,23,24,28). The average molecular weight is 484 g/mol. The lowest BCUT2D eigenvalue weighted by molar-refractivity contribution is -0.384. The summed E-state index contributed by atoms with van der Waals surface area (Å²) in [5.41, 5.74) is 2.69. The van der Waals surface area contributed by atoms with Gasteiger partial charge in [0.1, 0.15) is 6.61 Å². The first-order chi connectivity index (χ1) is 14.9. The Kier molecular flexibility index (Phi) is 5.38. The van der Waals surface area contributed by atoms with Gasteiger partial charge in [0.25, 0.3) is 0 Å². The first-order valence-corrected chi connectivity index (χ1v) is 9.86. The lowest BCUT2D eigenvalue weighted by Crippen LogP contribution is -2.20. The molecule has 0 saturated carbocycles. The molecule has 1 aromatic heterocycles. The molecule has 0 atom stereocenters. The Morgan fingerprint density at radius 2 is 1.71 bits per heavy atom. The number of hydrogen-bond acceptors (Lipinski definition) is 6. The maximum Gasteiger partial charge on any atom is 0.413 e. The summed E-state index contributed by atoms with van der Waals surface area (Å²) in [5.74, 6) is -2.24. The van der Waals surface area contributed by atoms with Gasteiger partial charge in [-0.25, -0.2) is 14.6 Å². The van der Waals surface area contributed by atoms with Crippen molar-refractivity contribution in [1.82, 2.24) is 4.98 Å². The predicted octanol–water partition coefficient (Wildman–Crippen LogP) is 4.81. The number of ether oxygens (including phenoxy) is 1. The van der Waals surface area contributed by atoms with Gasteiger partial charge in [-0.05, 0) is 38.2 Å². The molecule has 0 spiro atoms. The van der Waals surface area contributed by atoms with Crippen LogP contribution >= 0.6 is 15.9 Å². The monoisotopic (exact) mass is 483 g/mol. The number of nitrogens with one attached hydrogen (secondary N) is 1. The molecule has 9 nitrogen and oxygen atoms in total. The number of rotatable bonds is 5. The topological polar surface area (TPSA) is 132 Å². The molecule has 1 amide bonds. The van der Waals surface area contributed by atoms with Crippen LogP contribution in [0, 0.1) is 10.1 Å². The van der Waals surface area contributed by atoms with Gasteiger partial charge >= 0.3 is 17.7 Å². The van der Waals surface area contributed by atoms with E-state index in [1.807, 2.05) is 48.5 Å². The maximum atomic E-state index is 12.4. The molecule has 4 rings (SSSR count). The minimum Gasteiger partial charge on any atom is -0.477 e. The number of nitrogens with zero attached hydrogens (tertiary/aromatic N) is 2. The molecule has 0 bridgehead atoms. The number of nitro groups is 1. The van der Waals surface area contributed by atoms with Crippen LogP contribution in [-0.2, 0) is 4.74 Å². The quantitative estimate of drug-likeness (QED) is 0.392. The summed E-state index contributed by atoms with van der Waals surface area (Å²) >= 11 is 2.93. The van der Waals surface area contributed by atoms with E-state index >= 15 is 0 Å². The van der Waals surface area contributed by atoms with E-state index in [1.54, 1.807) is 0 Å². The third-order valence-electron chi connectivity index (χ3n) is 4.97. The summed E-state index contributed by atoms with van der Waals surface area (Å²) in [6.07, 6.45) is 0.0892. The van der Waals surface area contributed by atoms with Crippen LogP contribution in [0.5, 0.6) is 0 Å². The highest BCUT2D eigenvalue weighted by atomic mass is 79.9. The molecule has 0 saturated heterocycles. The normalized spacial score (nSPS) is 12.0. The van der Waals surface area contributed by atoms with E-state index < -0.39 is 34.1 Å². The number of aromatic nitrogens is 1. The Morgan fingerprint density at radius 3 is 2.26 bits per heavy atom. The smallest absolute Gasteiger partial charge is 0.413 e. The van der Waals surface area contributed by atoms with Gasteiger partial charge in [-0.1, -0.05) is 48.5 Å². The summed E-state index contributed by atoms with van der Waals surface area (Å²) < 4.78 is 5.26. The number of halogens is 1. The van der Waals surface area contributed by atoms with Crippen molar-refractivity contribution in [3.63, 3.8) is 0 Å². The Hall–Kier alpha value is -3.79. The number of pyridine rings is 1. The van der Waals surface area contributed by atoms with Gasteiger partial charge in [0.05, 0.1) is 9.40 Å². The van der Waals surface area contributed by atoms with Gasteiger partial charge in [0.15, 0.2) is 5.56 Å². The number of amides is 1. The molecule has 156 valence electrons. The van der Waals surface area contributed by atoms with Crippen LogP contribution in [0.1, 0.15) is 27.4 Å². The Labute approximate surface area is 184 Å². The third-order valence-corrected chi connectivity index (χ3v) is 5.57. The Bertz CT molecular complexity index is 1180. The minimum atomic E-state index is -1.53. The summed E-state index contributed by atoms with van der Waals surface area (Å²) in [6, 6.07) is 15.6. The molecular weight excluding hydrogens is 470 g/mol. The number of carboxylic acids is 1. The van der Waals surface area contributed by atoms with Crippen LogP contribution in [0.2, 0.25) is 0 Å². The fourth-order valence-corrected chi connectivity index (χ4v) is 4.14. The fourth-order valence-electron chi connectivity index (χ4n) is 3.68. The molecule has 31 heavy (non-hydrogen) atoms. The van der Waals surface area contributed by atoms with E-state index in [4.69, 9.17) is 4.74 Å². The molecular formula is C21H14BrN3O6. The number of carbonyl (C=O) groups is 2. The van der Waals surface area contributed by atoms with Crippen LogP contribution < -0.4 is 5.32 Å². The number of fused-ring (bicyclic) bond motifs is 3. The van der Waals surface area contributed by atoms with E-state index in [1.165, 1.54) is 0 Å². The summed E-state index contributed by atoms with van der Waals surface area (Å²) in [6.45, 7) is -0.00399. The van der Waals surface area contributed by atoms with Crippen LogP contribution in [0.4, 0.5) is 16.3 Å². The fraction of sp³-hybridized carbons (Fsp3) is 0.0952. The molecule has 0 unspecified atom stereocenters. The zero-order valence-electron chi connectivity index (χ0n) is 15.7. The van der Waals surface area contributed by atoms with Gasteiger partial charge in [0, 0.05) is 12.1 Å². The highest BCUT2D eigenvalue weighted by Gasteiger charge is 2.32. The van der Waals surface area contributed by atoms with Crippen molar-refractivity contribution in [2.75, 3.05) is 11.9 Å². The van der Waals surface area contributed by atoms with E-state index in [2.05, 4.69) is 26.2 Å². The van der Waals surface area contributed by atoms with E-state index in [0.717, 1.165) is 28.5 Å². The van der Waals surface area contributed by atoms with Crippen molar-refractivity contribution in [2.45, 2.75) is 5.92 Å². The van der Waals surface area contributed by atoms with Crippen molar-refractivity contribution >= 4 is 39.5 Å². The van der Waals surface area contributed by atoms with Crippen LogP contribution in [-0.4, -0.2) is 33.7 Å². The van der Waals surface area contributed by atoms with Gasteiger partial charge < -0.3 is 9.84 Å². The molecule has 0 radical (unpaired) electrons. The number of aromatic carboxylic acids is 1. The van der Waals surface area contributed by atoms with Gasteiger partial charge in [0.2, 0.25) is 5.82 Å². The second-order valence-electron chi connectivity index (χ2n) is 6.69. The number of carbonyl (C=O) groups excluding carboxylic acids is 1. The molecule has 3 aromatic rings. The highest BCUT2D eigenvalue weighted by Crippen LogP contribution is 2.44. The number of anilines is 1. The van der Waals surface area contributed by atoms with Gasteiger partial charge in [-0.2, -0.15) is 0 Å². The molecule has 1 aliphatic rings. The van der Waals surface area contributed by atoms with Crippen molar-refractivity contribution in [2.24, 2.45) is 0 Å². The molecule has 10 heteroatoms. The van der Waals surface area contributed by atoms with Crippen molar-refractivity contribution < 1.29 is 24.4 Å². The second kappa shape index (κ2) is 8.15. The zero-order valence-corrected chi connectivity index (χ0v) is 17.3. The maximum absolute atomic E-state index is 12.4. The van der Waals surface area contributed by atoms with Crippen LogP contribution in [0.3, 0.4) is 0 Å². The lowest BCUT2D eigenvalue weighted by Gasteiger charge is -2.14. The Balaban J connectivity index is 1.56. The van der Waals surface area contributed by atoms with E-state index in [0.29, 0.717) is 0 Å². The van der Waals surface area contributed by atoms with Crippen LogP contribution in [0.25, 0.3) is 11.1 Å². The molecule has 2 aromatic carbocycles. The molecule has 0 aliphatic heterocycles. The minimum absolute atomic E-state index is 0.00399. The highest BCUT2D eigenvalue weighted by molar-refractivity contribution is 9.10. The first kappa shape index (κ1) is 20.5. The van der Waals surface area contributed by atoms with Crippen molar-refractivity contribution in [3.05, 3.63) is 86.0 Å². The molecule has 0 fully saturated rings. The third kappa shape index (κ3) is 3.73. The summed E-state index contributed by atoms with van der Waals surface area (Å²) in [7, 11) is 0. The Morgan fingerprint density at radius 1 is 1.13 bits per heavy atom. The molecule has 1 aliphatic carbocycles. The predicted molar refractivity (Wildman–Crippen MR) is 114 cm³/mol. The van der Waals surface area contributed by atoms with E-state index in [-0.39, 0.29) is 17.0 Å². The van der Waals surface area contributed by atoms with Gasteiger partial charge in [-0.15, -0.1) is 0 Å². The molecule has 1 heterocycles. The zero-order chi connectivity index (χ0) is 22.1. The summed E-state index contributed by atoms with van der Waals surface area (Å²) in [5, 5.41) is 22.9. The first-order valence-electron chi connectivity index (χ1n) is 9.06. The van der Waals surface area contributed by atoms with Crippen LogP contribution in [0.15, 0.2) is 59.2 Å². The number of carboxylic acid groups (broad SMARTS) is 1. The largest absolute Gasteiger partial charge is 0.477 e. The second-order valence-corrected chi connectivity index (χ2v) is 7.55. The summed E-state index contributed by atoms with van der Waals surface area (Å²) in [4.78, 5) is 38.1. The van der Waals surface area contributed by atoms with E-state index in [9.17, 15) is 24.8 Å². The molecule has 2 N–H and O–H groups in total. The van der Waals surface area contributed by atoms with Gasteiger partial charge in [-0.3, -0.25) is 15.4 Å². The average Bonchev–Trinajstić information content (AvgIpc) is 3.06. The lowest BCUT2D eigenvalue weighted by atomic mass is 9.98. The van der Waals surface area contributed by atoms with Crippen molar-refractivity contribution in [3.8, 4) is 11.1 Å². The van der Waals surface area contributed by atoms with Crippen molar-refractivity contribution in [1.29, 1.82) is 0 Å².